The molecule has 0 spiro atoms. The van der Waals surface area contributed by atoms with Crippen molar-refractivity contribution in [2.24, 2.45) is 0 Å². The second kappa shape index (κ2) is 5.48. The second-order valence-electron chi connectivity index (χ2n) is 3.29. The molecule has 0 aliphatic rings. The van der Waals surface area contributed by atoms with E-state index >= 15 is 0 Å². The Balaban J connectivity index is 2.06. The van der Waals surface area contributed by atoms with E-state index in [-0.39, 0.29) is 5.75 Å². The molecule has 1 heterocycles. The zero-order chi connectivity index (χ0) is 10.4. The van der Waals surface area contributed by atoms with Crippen LogP contribution in [0.5, 0.6) is 0 Å². The fourth-order valence-electron chi connectivity index (χ4n) is 1.09. The Morgan fingerprint density at radius 3 is 2.86 bits per heavy atom. The first-order valence-corrected chi connectivity index (χ1v) is 7.48. The normalized spacial score (nSPS) is 11.8. The zero-order valence-corrected chi connectivity index (χ0v) is 9.83. The van der Waals surface area contributed by atoms with Gasteiger partial charge < -0.3 is 5.32 Å². The topological polar surface area (TPSA) is 46.2 Å². The van der Waals surface area contributed by atoms with Gasteiger partial charge >= 0.3 is 0 Å². The molecule has 1 N–H and O–H groups in total. The van der Waals surface area contributed by atoms with E-state index in [2.05, 4.69) is 16.8 Å². The van der Waals surface area contributed by atoms with Gasteiger partial charge in [0.2, 0.25) is 0 Å². The van der Waals surface area contributed by atoms with Crippen LogP contribution < -0.4 is 5.32 Å². The predicted octanol–water partition coefficient (Wildman–Crippen LogP) is 1.27. The average molecular weight is 233 g/mol. The Labute approximate surface area is 89.1 Å². The standard InChI is InChI=1S/C9H15NO2S2/c1-14(11,12)6-2-4-10-7-9-3-5-13-8-9/h3,5,8,10H,2,4,6-7H2,1H3. The highest BCUT2D eigenvalue weighted by Gasteiger charge is 2.00. The van der Waals surface area contributed by atoms with Crippen LogP contribution in [0.15, 0.2) is 16.8 Å². The molecule has 0 saturated heterocycles. The lowest BCUT2D eigenvalue weighted by atomic mass is 10.3. The fourth-order valence-corrected chi connectivity index (χ4v) is 2.42. The van der Waals surface area contributed by atoms with Gasteiger partial charge in [-0.15, -0.1) is 0 Å². The van der Waals surface area contributed by atoms with Gasteiger partial charge in [-0.25, -0.2) is 8.42 Å². The molecular formula is C9H15NO2S2. The number of nitrogens with one attached hydrogen (secondary N) is 1. The van der Waals surface area contributed by atoms with E-state index in [0.717, 1.165) is 13.1 Å². The van der Waals surface area contributed by atoms with E-state index in [4.69, 9.17) is 0 Å². The maximum Gasteiger partial charge on any atom is 0.147 e. The summed E-state index contributed by atoms with van der Waals surface area (Å²) in [6, 6.07) is 2.06. The van der Waals surface area contributed by atoms with E-state index in [1.807, 2.05) is 5.38 Å². The molecule has 0 unspecified atom stereocenters. The zero-order valence-electron chi connectivity index (χ0n) is 8.19. The summed E-state index contributed by atoms with van der Waals surface area (Å²) >= 11 is 1.67. The predicted molar refractivity (Wildman–Crippen MR) is 60.4 cm³/mol. The fraction of sp³-hybridized carbons (Fsp3) is 0.556. The number of hydrogen-bond acceptors (Lipinski definition) is 4. The maximum atomic E-state index is 10.8. The van der Waals surface area contributed by atoms with Crippen LogP contribution in [0.25, 0.3) is 0 Å². The largest absolute Gasteiger partial charge is 0.313 e. The lowest BCUT2D eigenvalue weighted by molar-refractivity contribution is 0.594. The van der Waals surface area contributed by atoms with Gasteiger partial charge in [-0.2, -0.15) is 11.3 Å². The molecule has 5 heteroatoms. The molecule has 1 aromatic rings. The SMILES string of the molecule is CS(=O)(=O)CCCNCc1ccsc1. The monoisotopic (exact) mass is 233 g/mol. The number of hydrogen-bond donors (Lipinski definition) is 1. The molecule has 80 valence electrons. The van der Waals surface area contributed by atoms with Crippen LogP contribution in [0.2, 0.25) is 0 Å². The van der Waals surface area contributed by atoms with Crippen molar-refractivity contribution >= 4 is 21.2 Å². The summed E-state index contributed by atoms with van der Waals surface area (Å²) in [6.45, 7) is 1.58. The maximum absolute atomic E-state index is 10.8. The summed E-state index contributed by atoms with van der Waals surface area (Å²) < 4.78 is 21.6. The molecule has 0 bridgehead atoms. The van der Waals surface area contributed by atoms with Crippen molar-refractivity contribution in [2.45, 2.75) is 13.0 Å². The lowest BCUT2D eigenvalue weighted by Crippen LogP contribution is -2.17. The second-order valence-corrected chi connectivity index (χ2v) is 6.33. The Hall–Kier alpha value is -0.390. The Kier molecular flexibility index (Phi) is 4.57. The van der Waals surface area contributed by atoms with Crippen LogP contribution in [0, 0.1) is 0 Å². The highest BCUT2D eigenvalue weighted by molar-refractivity contribution is 7.90. The van der Waals surface area contributed by atoms with Gasteiger partial charge in [0.25, 0.3) is 0 Å². The third-order valence-corrected chi connectivity index (χ3v) is 3.54. The van der Waals surface area contributed by atoms with Crippen LogP contribution in [-0.4, -0.2) is 27.0 Å². The van der Waals surface area contributed by atoms with Crippen molar-refractivity contribution in [3.8, 4) is 0 Å². The Morgan fingerprint density at radius 1 is 1.50 bits per heavy atom. The highest BCUT2D eigenvalue weighted by atomic mass is 32.2. The highest BCUT2D eigenvalue weighted by Crippen LogP contribution is 2.04. The first kappa shape index (κ1) is 11.7. The van der Waals surface area contributed by atoms with Crippen LogP contribution >= 0.6 is 11.3 Å². The van der Waals surface area contributed by atoms with E-state index < -0.39 is 9.84 Å². The molecular weight excluding hydrogens is 218 g/mol. The van der Waals surface area contributed by atoms with E-state index in [1.54, 1.807) is 11.3 Å². The Morgan fingerprint density at radius 2 is 2.29 bits per heavy atom. The summed E-state index contributed by atoms with van der Waals surface area (Å²) in [7, 11) is -2.80. The summed E-state index contributed by atoms with van der Waals surface area (Å²) in [4.78, 5) is 0. The van der Waals surface area contributed by atoms with Gasteiger partial charge in [0.05, 0.1) is 5.75 Å². The van der Waals surface area contributed by atoms with Crippen molar-refractivity contribution < 1.29 is 8.42 Å². The van der Waals surface area contributed by atoms with E-state index in [0.29, 0.717) is 6.42 Å². The molecule has 1 aromatic heterocycles. The molecule has 0 radical (unpaired) electrons. The number of rotatable bonds is 6. The van der Waals surface area contributed by atoms with Crippen LogP contribution in [0.4, 0.5) is 0 Å². The van der Waals surface area contributed by atoms with Crippen molar-refractivity contribution in [1.82, 2.24) is 5.32 Å². The van der Waals surface area contributed by atoms with E-state index in [1.165, 1.54) is 11.8 Å². The minimum Gasteiger partial charge on any atom is -0.313 e. The number of thiophene rings is 1. The van der Waals surface area contributed by atoms with Crippen molar-refractivity contribution in [1.29, 1.82) is 0 Å². The molecule has 0 amide bonds. The van der Waals surface area contributed by atoms with Crippen LogP contribution in [0.1, 0.15) is 12.0 Å². The third kappa shape index (κ3) is 5.36. The molecule has 0 aliphatic carbocycles. The molecule has 0 saturated carbocycles. The quantitative estimate of drug-likeness (QED) is 0.753. The minimum atomic E-state index is -2.80. The average Bonchev–Trinajstić information content (AvgIpc) is 2.54. The third-order valence-electron chi connectivity index (χ3n) is 1.78. The molecule has 1 rings (SSSR count). The molecule has 14 heavy (non-hydrogen) atoms. The molecule has 0 aliphatic heterocycles. The smallest absolute Gasteiger partial charge is 0.147 e. The van der Waals surface area contributed by atoms with Crippen molar-refractivity contribution in [3.63, 3.8) is 0 Å². The Bertz CT molecular complexity index is 343. The van der Waals surface area contributed by atoms with Gasteiger partial charge in [-0.05, 0) is 35.4 Å². The summed E-state index contributed by atoms with van der Waals surface area (Å²) in [5.74, 6) is 0.267. The van der Waals surface area contributed by atoms with E-state index in [9.17, 15) is 8.42 Å². The van der Waals surface area contributed by atoms with Crippen molar-refractivity contribution in [3.05, 3.63) is 22.4 Å². The van der Waals surface area contributed by atoms with Gasteiger partial charge in [0, 0.05) is 12.8 Å². The van der Waals surface area contributed by atoms with Crippen LogP contribution in [-0.2, 0) is 16.4 Å². The molecule has 0 atom stereocenters. The van der Waals surface area contributed by atoms with Crippen LogP contribution in [0.3, 0.4) is 0 Å². The van der Waals surface area contributed by atoms with Gasteiger partial charge in [0.1, 0.15) is 9.84 Å². The van der Waals surface area contributed by atoms with Gasteiger partial charge in [-0.1, -0.05) is 0 Å². The molecule has 0 fully saturated rings. The summed E-state index contributed by atoms with van der Waals surface area (Å²) in [5, 5.41) is 7.32. The lowest BCUT2D eigenvalue weighted by Gasteiger charge is -2.01. The summed E-state index contributed by atoms with van der Waals surface area (Å²) in [5.41, 5.74) is 1.26. The molecule has 0 aromatic carbocycles. The minimum absolute atomic E-state index is 0.267. The summed E-state index contributed by atoms with van der Waals surface area (Å²) in [6.07, 6.45) is 1.95. The van der Waals surface area contributed by atoms with Gasteiger partial charge in [-0.3, -0.25) is 0 Å². The first-order valence-electron chi connectivity index (χ1n) is 4.47. The van der Waals surface area contributed by atoms with Gasteiger partial charge in [0.15, 0.2) is 0 Å². The first-order chi connectivity index (χ1) is 6.58. The van der Waals surface area contributed by atoms with Crippen molar-refractivity contribution in [2.75, 3.05) is 18.6 Å². The molecule has 3 nitrogen and oxygen atoms in total. The number of sulfone groups is 1.